The predicted molar refractivity (Wildman–Crippen MR) is 76.4 cm³/mol. The van der Waals surface area contributed by atoms with E-state index < -0.39 is 10.0 Å². The minimum Gasteiger partial charge on any atom is -0.316 e. The van der Waals surface area contributed by atoms with Crippen LogP contribution in [0.3, 0.4) is 0 Å². The maximum absolute atomic E-state index is 13.9. The standard InChI is InChI=1S/C14H21FN2O2S/c1-10-6-13(7-12(8-16-2)14(10)15)20(18,19)17(3)9-11-4-5-11/h6-7,11,16H,4-5,8-9H2,1-3H3. The van der Waals surface area contributed by atoms with Gasteiger partial charge >= 0.3 is 0 Å². The largest absolute Gasteiger partial charge is 0.316 e. The van der Waals surface area contributed by atoms with E-state index >= 15 is 0 Å². The van der Waals surface area contributed by atoms with Gasteiger partial charge < -0.3 is 5.32 Å². The number of hydrogen-bond donors (Lipinski definition) is 1. The Balaban J connectivity index is 2.34. The third kappa shape index (κ3) is 3.19. The molecule has 1 aromatic rings. The molecule has 0 aromatic heterocycles. The van der Waals surface area contributed by atoms with Gasteiger partial charge in [0.15, 0.2) is 0 Å². The van der Waals surface area contributed by atoms with E-state index in [1.165, 1.54) is 16.4 Å². The van der Waals surface area contributed by atoms with Crippen molar-refractivity contribution in [3.05, 3.63) is 29.1 Å². The molecule has 0 unspecified atom stereocenters. The van der Waals surface area contributed by atoms with Gasteiger partial charge in [-0.3, -0.25) is 0 Å². The molecule has 1 aliphatic carbocycles. The Morgan fingerprint density at radius 2 is 2.05 bits per heavy atom. The Kier molecular flexibility index (Phi) is 4.46. The lowest BCUT2D eigenvalue weighted by Gasteiger charge is -2.18. The first-order valence-electron chi connectivity index (χ1n) is 6.76. The molecule has 4 nitrogen and oxygen atoms in total. The molecule has 1 saturated carbocycles. The molecule has 0 heterocycles. The second-order valence-corrected chi connectivity index (χ2v) is 7.52. The highest BCUT2D eigenvalue weighted by Gasteiger charge is 2.29. The maximum Gasteiger partial charge on any atom is 0.242 e. The van der Waals surface area contributed by atoms with Gasteiger partial charge in [0, 0.05) is 25.7 Å². The summed E-state index contributed by atoms with van der Waals surface area (Å²) in [7, 11) is -0.244. The molecule has 0 bridgehead atoms. The number of hydrogen-bond acceptors (Lipinski definition) is 3. The fraction of sp³-hybridized carbons (Fsp3) is 0.571. The van der Waals surface area contributed by atoms with Crippen LogP contribution in [0.15, 0.2) is 17.0 Å². The topological polar surface area (TPSA) is 49.4 Å². The van der Waals surface area contributed by atoms with Gasteiger partial charge in [-0.15, -0.1) is 0 Å². The monoisotopic (exact) mass is 300 g/mol. The number of rotatable bonds is 6. The second-order valence-electron chi connectivity index (χ2n) is 5.47. The number of nitrogens with zero attached hydrogens (tertiary/aromatic N) is 1. The molecule has 0 atom stereocenters. The summed E-state index contributed by atoms with van der Waals surface area (Å²) in [5, 5.41) is 2.85. The SMILES string of the molecule is CNCc1cc(S(=O)(=O)N(C)CC2CC2)cc(C)c1F. The van der Waals surface area contributed by atoms with E-state index in [1.807, 2.05) is 0 Å². The van der Waals surface area contributed by atoms with Crippen LogP contribution in [0.4, 0.5) is 4.39 Å². The van der Waals surface area contributed by atoms with Crippen molar-refractivity contribution >= 4 is 10.0 Å². The average molecular weight is 300 g/mol. The molecule has 0 spiro atoms. The van der Waals surface area contributed by atoms with Crippen LogP contribution in [0, 0.1) is 18.7 Å². The molecule has 1 fully saturated rings. The first-order valence-corrected chi connectivity index (χ1v) is 8.20. The van der Waals surface area contributed by atoms with Crippen molar-refractivity contribution in [1.29, 1.82) is 0 Å². The summed E-state index contributed by atoms with van der Waals surface area (Å²) in [5.74, 6) is 0.135. The van der Waals surface area contributed by atoms with Crippen molar-refractivity contribution in [2.75, 3.05) is 20.6 Å². The highest BCUT2D eigenvalue weighted by Crippen LogP contribution is 2.31. The van der Waals surface area contributed by atoms with Crippen LogP contribution in [0.5, 0.6) is 0 Å². The Bertz CT molecular complexity index is 597. The van der Waals surface area contributed by atoms with Gasteiger partial charge in [0.2, 0.25) is 10.0 Å². The van der Waals surface area contributed by atoms with Crippen LogP contribution in [0.25, 0.3) is 0 Å². The summed E-state index contributed by atoms with van der Waals surface area (Å²) in [5.41, 5.74) is 0.738. The third-order valence-electron chi connectivity index (χ3n) is 3.59. The molecular weight excluding hydrogens is 279 g/mol. The van der Waals surface area contributed by atoms with Crippen LogP contribution in [-0.2, 0) is 16.6 Å². The zero-order valence-electron chi connectivity index (χ0n) is 12.1. The molecular formula is C14H21FN2O2S. The molecule has 1 N–H and O–H groups in total. The minimum atomic E-state index is -3.54. The lowest BCUT2D eigenvalue weighted by molar-refractivity contribution is 0.452. The zero-order valence-corrected chi connectivity index (χ0v) is 12.9. The molecule has 0 saturated heterocycles. The van der Waals surface area contributed by atoms with E-state index in [4.69, 9.17) is 0 Å². The number of sulfonamides is 1. The highest BCUT2D eigenvalue weighted by atomic mass is 32.2. The Hall–Kier alpha value is -0.980. The summed E-state index contributed by atoms with van der Waals surface area (Å²) in [4.78, 5) is 0.171. The van der Waals surface area contributed by atoms with E-state index in [0.717, 1.165) is 12.8 Å². The van der Waals surface area contributed by atoms with E-state index in [1.54, 1.807) is 21.0 Å². The van der Waals surface area contributed by atoms with Crippen LogP contribution >= 0.6 is 0 Å². The predicted octanol–water partition coefficient (Wildman–Crippen LogP) is 1.88. The fourth-order valence-electron chi connectivity index (χ4n) is 2.22. The van der Waals surface area contributed by atoms with E-state index in [0.29, 0.717) is 30.1 Å². The van der Waals surface area contributed by atoms with Crippen molar-refractivity contribution < 1.29 is 12.8 Å². The highest BCUT2D eigenvalue weighted by molar-refractivity contribution is 7.89. The zero-order chi connectivity index (χ0) is 14.9. The molecule has 0 radical (unpaired) electrons. The third-order valence-corrected chi connectivity index (χ3v) is 5.39. The fourth-order valence-corrected chi connectivity index (χ4v) is 3.60. The number of aryl methyl sites for hydroxylation is 1. The molecule has 20 heavy (non-hydrogen) atoms. The summed E-state index contributed by atoms with van der Waals surface area (Å²) in [6.07, 6.45) is 2.18. The van der Waals surface area contributed by atoms with E-state index in [2.05, 4.69) is 5.32 Å². The number of nitrogens with one attached hydrogen (secondary N) is 1. The number of halogens is 1. The van der Waals surface area contributed by atoms with E-state index in [-0.39, 0.29) is 10.7 Å². The normalized spacial score (nSPS) is 15.8. The summed E-state index contributed by atoms with van der Waals surface area (Å²) in [6, 6.07) is 2.84. The van der Waals surface area contributed by atoms with Gasteiger partial charge in [0.1, 0.15) is 5.82 Å². The second kappa shape index (κ2) is 5.79. The van der Waals surface area contributed by atoms with Crippen LogP contribution < -0.4 is 5.32 Å². The molecule has 6 heteroatoms. The summed E-state index contributed by atoms with van der Waals surface area (Å²) >= 11 is 0. The molecule has 1 aromatic carbocycles. The van der Waals surface area contributed by atoms with Crippen LogP contribution in [-0.4, -0.2) is 33.4 Å². The maximum atomic E-state index is 13.9. The molecule has 112 valence electrons. The lowest BCUT2D eigenvalue weighted by Crippen LogP contribution is -2.29. The van der Waals surface area contributed by atoms with Crippen LogP contribution in [0.2, 0.25) is 0 Å². The van der Waals surface area contributed by atoms with Crippen molar-refractivity contribution in [2.45, 2.75) is 31.2 Å². The average Bonchev–Trinajstić information content (AvgIpc) is 3.18. The first kappa shape index (κ1) is 15.4. The van der Waals surface area contributed by atoms with Crippen molar-refractivity contribution in [2.24, 2.45) is 5.92 Å². The first-order chi connectivity index (χ1) is 9.36. The molecule has 2 rings (SSSR count). The molecule has 0 aliphatic heterocycles. The van der Waals surface area contributed by atoms with Gasteiger partial charge in [-0.25, -0.2) is 17.1 Å². The minimum absolute atomic E-state index is 0.171. The van der Waals surface area contributed by atoms with Crippen molar-refractivity contribution in [1.82, 2.24) is 9.62 Å². The Morgan fingerprint density at radius 1 is 1.40 bits per heavy atom. The van der Waals surface area contributed by atoms with Gasteiger partial charge in [-0.1, -0.05) is 0 Å². The van der Waals surface area contributed by atoms with Gasteiger partial charge in [-0.2, -0.15) is 0 Å². The molecule has 1 aliphatic rings. The van der Waals surface area contributed by atoms with Crippen molar-refractivity contribution in [3.63, 3.8) is 0 Å². The van der Waals surface area contributed by atoms with Gasteiger partial charge in [-0.05, 0) is 50.4 Å². The van der Waals surface area contributed by atoms with Crippen molar-refractivity contribution in [3.8, 4) is 0 Å². The van der Waals surface area contributed by atoms with E-state index in [9.17, 15) is 12.8 Å². The quantitative estimate of drug-likeness (QED) is 0.873. The van der Waals surface area contributed by atoms with Gasteiger partial charge in [0.25, 0.3) is 0 Å². The Morgan fingerprint density at radius 3 is 2.60 bits per heavy atom. The summed E-state index contributed by atoms with van der Waals surface area (Å²) in [6.45, 7) is 2.44. The Labute approximate surface area is 120 Å². The van der Waals surface area contributed by atoms with Crippen LogP contribution in [0.1, 0.15) is 24.0 Å². The molecule has 0 amide bonds. The smallest absolute Gasteiger partial charge is 0.242 e. The lowest BCUT2D eigenvalue weighted by atomic mass is 10.1. The summed E-state index contributed by atoms with van der Waals surface area (Å²) < 4.78 is 40.3. The number of benzene rings is 1. The van der Waals surface area contributed by atoms with Gasteiger partial charge in [0.05, 0.1) is 4.90 Å².